The molecule has 0 radical (unpaired) electrons. The van der Waals surface area contributed by atoms with Crippen LogP contribution in [0.5, 0.6) is 0 Å². The molecule has 0 unspecified atom stereocenters. The largest absolute Gasteiger partial charge is 0.396 e. The average molecular weight is 310 g/mol. The summed E-state index contributed by atoms with van der Waals surface area (Å²) in [4.78, 5) is 0. The van der Waals surface area contributed by atoms with Crippen LogP contribution in [0.25, 0.3) is 0 Å². The average Bonchev–Trinajstić information content (AvgIpc) is 2.06. The van der Waals surface area contributed by atoms with E-state index in [1.165, 1.54) is 5.19 Å². The molecule has 0 fully saturated rings. The van der Waals surface area contributed by atoms with Gasteiger partial charge in [-0.1, -0.05) is 60.9 Å². The minimum Gasteiger partial charge on any atom is -0.396 e. The van der Waals surface area contributed by atoms with Crippen LogP contribution in [-0.2, 0) is 4.43 Å². The Morgan fingerprint density at radius 2 is 1.83 bits per heavy atom. The normalized spacial score (nSPS) is 11.6. The zero-order valence-corrected chi connectivity index (χ0v) is 10.9. The Hall–Kier alpha value is 0.357. The van der Waals surface area contributed by atoms with Gasteiger partial charge in [-0.05, 0) is 12.1 Å². The third-order valence-electron chi connectivity index (χ3n) is 1.44. The molecule has 0 aliphatic carbocycles. The predicted molar refractivity (Wildman–Crippen MR) is 61.3 cm³/mol. The lowest BCUT2D eigenvalue weighted by molar-refractivity contribution is 0.360. The summed E-state index contributed by atoms with van der Waals surface area (Å²) in [6, 6.07) is 10.1. The van der Waals surface area contributed by atoms with Crippen molar-refractivity contribution in [2.24, 2.45) is 0 Å². The third-order valence-corrected chi connectivity index (χ3v) is 7.21. The smallest absolute Gasteiger partial charge is 0.369 e. The standard InChI is InChI=1S/C8H10Br2OSi/c1-2-11-12(9,10)8-6-4-3-5-7-8/h3-7H,2H2,1H3. The fraction of sp³-hybridized carbons (Fsp3) is 0.250. The molecule has 0 aliphatic rings. The van der Waals surface area contributed by atoms with Crippen molar-refractivity contribution in [2.45, 2.75) is 6.92 Å². The summed E-state index contributed by atoms with van der Waals surface area (Å²) in [5, 5.41) is 1.20. The van der Waals surface area contributed by atoms with Gasteiger partial charge in [0.1, 0.15) is 0 Å². The maximum Gasteiger partial charge on any atom is 0.369 e. The van der Waals surface area contributed by atoms with Gasteiger partial charge in [0.25, 0.3) is 0 Å². The second-order valence-corrected chi connectivity index (χ2v) is 14.1. The fourth-order valence-electron chi connectivity index (χ4n) is 0.897. The Morgan fingerprint density at radius 1 is 1.25 bits per heavy atom. The van der Waals surface area contributed by atoms with E-state index < -0.39 is 5.56 Å². The van der Waals surface area contributed by atoms with Crippen molar-refractivity contribution in [1.82, 2.24) is 0 Å². The topological polar surface area (TPSA) is 9.23 Å². The lowest BCUT2D eigenvalue weighted by atomic mass is 10.4. The van der Waals surface area contributed by atoms with Gasteiger partial charge in [0, 0.05) is 6.61 Å². The number of halogens is 2. The van der Waals surface area contributed by atoms with Gasteiger partial charge in [0.2, 0.25) is 0 Å². The highest BCUT2D eigenvalue weighted by molar-refractivity contribution is 9.51. The second kappa shape index (κ2) is 4.55. The van der Waals surface area contributed by atoms with Crippen LogP contribution in [0.4, 0.5) is 0 Å². The summed E-state index contributed by atoms with van der Waals surface area (Å²) in [5.74, 6) is 0. The number of benzene rings is 1. The first-order valence-electron chi connectivity index (χ1n) is 3.74. The van der Waals surface area contributed by atoms with Crippen molar-refractivity contribution in [1.29, 1.82) is 0 Å². The number of hydrogen-bond acceptors (Lipinski definition) is 1. The van der Waals surface area contributed by atoms with Crippen LogP contribution in [0, 0.1) is 0 Å². The Balaban J connectivity index is 2.82. The summed E-state index contributed by atoms with van der Waals surface area (Å²) in [6.45, 7) is 2.71. The molecule has 66 valence electrons. The van der Waals surface area contributed by atoms with E-state index in [1.54, 1.807) is 0 Å². The summed E-state index contributed by atoms with van der Waals surface area (Å²) in [5.41, 5.74) is -1.95. The van der Waals surface area contributed by atoms with Crippen molar-refractivity contribution < 1.29 is 4.43 Å². The summed E-state index contributed by atoms with van der Waals surface area (Å²) in [7, 11) is 0. The molecule has 1 aromatic rings. The zero-order valence-electron chi connectivity index (χ0n) is 6.76. The van der Waals surface area contributed by atoms with E-state index in [4.69, 9.17) is 4.43 Å². The molecule has 0 aliphatic heterocycles. The van der Waals surface area contributed by atoms with E-state index >= 15 is 0 Å². The summed E-state index contributed by atoms with van der Waals surface area (Å²) < 4.78 is 5.59. The zero-order chi connectivity index (χ0) is 9.03. The first-order chi connectivity index (χ1) is 5.67. The first kappa shape index (κ1) is 10.4. The number of rotatable bonds is 3. The van der Waals surface area contributed by atoms with Crippen LogP contribution in [0.1, 0.15) is 6.92 Å². The molecule has 0 saturated carbocycles. The Kier molecular flexibility index (Phi) is 3.96. The van der Waals surface area contributed by atoms with E-state index in [1.807, 2.05) is 25.1 Å². The van der Waals surface area contributed by atoms with Crippen molar-refractivity contribution in [2.75, 3.05) is 6.61 Å². The van der Waals surface area contributed by atoms with Crippen molar-refractivity contribution >= 4 is 41.3 Å². The lowest BCUT2D eigenvalue weighted by Crippen LogP contribution is -2.38. The van der Waals surface area contributed by atoms with Crippen LogP contribution in [-0.4, -0.2) is 12.2 Å². The Labute approximate surface area is 89.4 Å². The maximum absolute atomic E-state index is 5.59. The van der Waals surface area contributed by atoms with Gasteiger partial charge in [0.15, 0.2) is 0 Å². The SMILES string of the molecule is CCO[Si](Br)(Br)c1ccccc1. The molecule has 0 spiro atoms. The van der Waals surface area contributed by atoms with Crippen LogP contribution in [0.2, 0.25) is 0 Å². The molecule has 0 atom stereocenters. The number of hydrogen-bond donors (Lipinski definition) is 0. The first-order valence-corrected chi connectivity index (χ1v) is 10.2. The van der Waals surface area contributed by atoms with Gasteiger partial charge >= 0.3 is 5.56 Å². The van der Waals surface area contributed by atoms with Gasteiger partial charge in [0.05, 0.1) is 0 Å². The maximum atomic E-state index is 5.59. The van der Waals surface area contributed by atoms with Crippen molar-refractivity contribution in [3.05, 3.63) is 30.3 Å². The van der Waals surface area contributed by atoms with E-state index in [0.717, 1.165) is 6.61 Å². The van der Waals surface area contributed by atoms with E-state index in [-0.39, 0.29) is 0 Å². The van der Waals surface area contributed by atoms with Gasteiger partial charge in [-0.25, -0.2) is 0 Å². The quantitative estimate of drug-likeness (QED) is 0.616. The molecular formula is C8H10Br2OSi. The molecule has 0 amide bonds. The monoisotopic (exact) mass is 308 g/mol. The highest BCUT2D eigenvalue weighted by Gasteiger charge is 2.30. The molecule has 1 nitrogen and oxygen atoms in total. The molecule has 0 N–H and O–H groups in total. The minimum absolute atomic E-state index is 0.720. The highest BCUT2D eigenvalue weighted by atomic mass is 79.9. The van der Waals surface area contributed by atoms with Gasteiger partial charge in [-0.2, -0.15) is 0 Å². The van der Waals surface area contributed by atoms with E-state index in [0.29, 0.717) is 0 Å². The third kappa shape index (κ3) is 2.69. The summed E-state index contributed by atoms with van der Waals surface area (Å²) >= 11 is 7.17. The van der Waals surface area contributed by atoms with Gasteiger partial charge < -0.3 is 4.43 Å². The van der Waals surface area contributed by atoms with Crippen LogP contribution >= 0.6 is 30.6 Å². The molecule has 1 aromatic carbocycles. The lowest BCUT2D eigenvalue weighted by Gasteiger charge is -2.17. The van der Waals surface area contributed by atoms with Crippen molar-refractivity contribution in [3.63, 3.8) is 0 Å². The molecule has 1 rings (SSSR count). The predicted octanol–water partition coefficient (Wildman–Crippen LogP) is 2.66. The van der Waals surface area contributed by atoms with Crippen LogP contribution in [0.3, 0.4) is 0 Å². The Bertz CT molecular complexity index is 238. The molecule has 0 bridgehead atoms. The second-order valence-electron chi connectivity index (χ2n) is 2.32. The van der Waals surface area contributed by atoms with Crippen molar-refractivity contribution in [3.8, 4) is 0 Å². The molecule has 4 heteroatoms. The van der Waals surface area contributed by atoms with Crippen LogP contribution in [0.15, 0.2) is 30.3 Å². The fourth-order valence-corrected chi connectivity index (χ4v) is 4.97. The molecule has 12 heavy (non-hydrogen) atoms. The van der Waals surface area contributed by atoms with Gasteiger partial charge in [-0.3, -0.25) is 0 Å². The van der Waals surface area contributed by atoms with Gasteiger partial charge in [-0.15, -0.1) is 0 Å². The minimum atomic E-state index is -1.95. The summed E-state index contributed by atoms with van der Waals surface area (Å²) in [6.07, 6.45) is 0. The highest BCUT2D eigenvalue weighted by Crippen LogP contribution is 2.20. The molecular weight excluding hydrogens is 300 g/mol. The van der Waals surface area contributed by atoms with Crippen LogP contribution < -0.4 is 5.19 Å². The molecule has 0 saturated heterocycles. The van der Waals surface area contributed by atoms with E-state index in [2.05, 4.69) is 42.7 Å². The Morgan fingerprint density at radius 3 is 2.33 bits per heavy atom. The molecule has 0 heterocycles. The molecule has 0 aromatic heterocycles. The van der Waals surface area contributed by atoms with E-state index in [9.17, 15) is 0 Å².